The summed E-state index contributed by atoms with van der Waals surface area (Å²) in [7, 11) is 0. The van der Waals surface area contributed by atoms with E-state index in [0.29, 0.717) is 6.54 Å². The highest BCUT2D eigenvalue weighted by molar-refractivity contribution is 5.91. The summed E-state index contributed by atoms with van der Waals surface area (Å²) in [6.07, 6.45) is 1.43. The van der Waals surface area contributed by atoms with Crippen LogP contribution in [0.1, 0.15) is 23.2 Å². The summed E-state index contributed by atoms with van der Waals surface area (Å²) in [4.78, 5) is 34.9. The molecule has 9 nitrogen and oxygen atoms in total. The largest absolute Gasteiger partial charge is 0.359 e. The van der Waals surface area contributed by atoms with Crippen molar-refractivity contribution in [3.8, 4) is 0 Å². The molecular weight excluding hydrogens is 266 g/mol. The molecule has 3 N–H and O–H groups in total. The van der Waals surface area contributed by atoms with Gasteiger partial charge < -0.3 is 9.09 Å². The van der Waals surface area contributed by atoms with E-state index in [1.807, 2.05) is 5.43 Å². The van der Waals surface area contributed by atoms with E-state index in [9.17, 15) is 14.4 Å². The Labute approximate surface area is 112 Å². The van der Waals surface area contributed by atoms with Crippen molar-refractivity contribution in [2.24, 2.45) is 5.84 Å². The number of hydrazine groups is 1. The molecule has 0 radical (unpaired) electrons. The third kappa shape index (κ3) is 2.52. The average molecular weight is 279 g/mol. The van der Waals surface area contributed by atoms with Crippen molar-refractivity contribution in [3.63, 3.8) is 0 Å². The summed E-state index contributed by atoms with van der Waals surface area (Å²) < 4.78 is 7.28. The van der Waals surface area contributed by atoms with E-state index >= 15 is 0 Å². The number of rotatable bonds is 4. The van der Waals surface area contributed by atoms with Crippen LogP contribution < -0.4 is 22.5 Å². The van der Waals surface area contributed by atoms with E-state index in [4.69, 9.17) is 10.4 Å². The third-order valence-electron chi connectivity index (χ3n) is 2.72. The molecule has 0 aliphatic rings. The number of nitrogens with zero attached hydrogens (tertiary/aromatic N) is 3. The molecular formula is C11H13N5O4. The fourth-order valence-corrected chi connectivity index (χ4v) is 1.67. The maximum atomic E-state index is 12.0. The van der Waals surface area contributed by atoms with Crippen molar-refractivity contribution in [3.05, 3.63) is 50.6 Å². The second-order valence-corrected chi connectivity index (χ2v) is 3.96. The normalized spacial score (nSPS) is 10.5. The first-order valence-corrected chi connectivity index (χ1v) is 5.83. The Kier molecular flexibility index (Phi) is 3.80. The number of amides is 1. The second kappa shape index (κ2) is 5.53. The van der Waals surface area contributed by atoms with Gasteiger partial charge in [0.2, 0.25) is 0 Å². The van der Waals surface area contributed by atoms with Gasteiger partial charge in [-0.2, -0.15) is 0 Å². The molecule has 2 rings (SSSR count). The summed E-state index contributed by atoms with van der Waals surface area (Å²) in [5.74, 6) is 4.55. The number of nitrogens with two attached hydrogens (primary N) is 1. The zero-order valence-electron chi connectivity index (χ0n) is 10.7. The van der Waals surface area contributed by atoms with Gasteiger partial charge in [0, 0.05) is 24.9 Å². The lowest BCUT2D eigenvalue weighted by atomic mass is 10.3. The molecule has 0 saturated heterocycles. The fourth-order valence-electron chi connectivity index (χ4n) is 1.67. The Balaban J connectivity index is 2.35. The number of aromatic nitrogens is 3. The van der Waals surface area contributed by atoms with Crippen LogP contribution in [0, 0.1) is 0 Å². The minimum absolute atomic E-state index is 0.0257. The Morgan fingerprint density at radius 2 is 2.25 bits per heavy atom. The van der Waals surface area contributed by atoms with Gasteiger partial charge in [-0.1, -0.05) is 5.16 Å². The summed E-state index contributed by atoms with van der Waals surface area (Å²) in [6.45, 7) is 2.12. The van der Waals surface area contributed by atoms with Crippen LogP contribution in [0.5, 0.6) is 0 Å². The highest BCUT2D eigenvalue weighted by Crippen LogP contribution is 2.03. The molecule has 9 heteroatoms. The number of carbonyl (C=O) groups excluding carboxylic acids is 1. The molecule has 2 aromatic rings. The minimum Gasteiger partial charge on any atom is -0.359 e. The van der Waals surface area contributed by atoms with Gasteiger partial charge in [-0.15, -0.1) is 0 Å². The van der Waals surface area contributed by atoms with Crippen LogP contribution in [-0.2, 0) is 13.1 Å². The van der Waals surface area contributed by atoms with Crippen LogP contribution in [-0.4, -0.2) is 20.2 Å². The van der Waals surface area contributed by atoms with Gasteiger partial charge in [0.15, 0.2) is 11.5 Å². The molecule has 0 fully saturated rings. The Morgan fingerprint density at radius 1 is 1.50 bits per heavy atom. The Morgan fingerprint density at radius 3 is 2.90 bits per heavy atom. The molecule has 0 atom stereocenters. The molecule has 0 aliphatic heterocycles. The first-order valence-electron chi connectivity index (χ1n) is 5.83. The van der Waals surface area contributed by atoms with Crippen molar-refractivity contribution in [1.29, 1.82) is 0 Å². The van der Waals surface area contributed by atoms with Crippen LogP contribution in [0.25, 0.3) is 0 Å². The topological polar surface area (TPSA) is 125 Å². The Hall–Kier alpha value is -2.68. The van der Waals surface area contributed by atoms with Crippen LogP contribution in [0.15, 0.2) is 32.4 Å². The summed E-state index contributed by atoms with van der Waals surface area (Å²) in [5.41, 5.74) is 0.963. The maximum absolute atomic E-state index is 12.0. The molecule has 0 aliphatic carbocycles. The maximum Gasteiger partial charge on any atom is 0.331 e. The van der Waals surface area contributed by atoms with Crippen molar-refractivity contribution < 1.29 is 9.32 Å². The number of nitrogens with one attached hydrogen (secondary N) is 1. The standard InChI is InChI=1S/C11H13N5O4/c1-2-15-4-3-9(17)16(11(15)19)6-7-5-8(14-20-7)10(18)13-12/h3-5H,2,6,12H2,1H3,(H,13,18). The first-order chi connectivity index (χ1) is 9.56. The van der Waals surface area contributed by atoms with Gasteiger partial charge >= 0.3 is 5.69 Å². The lowest BCUT2D eigenvalue weighted by molar-refractivity contribution is 0.0944. The molecule has 0 aromatic carbocycles. The third-order valence-corrected chi connectivity index (χ3v) is 2.72. The van der Waals surface area contributed by atoms with Gasteiger partial charge in [0.1, 0.15) is 0 Å². The van der Waals surface area contributed by atoms with Crippen LogP contribution in [0.3, 0.4) is 0 Å². The predicted molar refractivity (Wildman–Crippen MR) is 67.9 cm³/mol. The number of carbonyl (C=O) groups is 1. The molecule has 106 valence electrons. The fraction of sp³-hybridized carbons (Fsp3) is 0.273. The van der Waals surface area contributed by atoms with Crippen molar-refractivity contribution in [2.75, 3.05) is 0 Å². The minimum atomic E-state index is -0.619. The summed E-state index contributed by atoms with van der Waals surface area (Å²) >= 11 is 0. The van der Waals surface area contributed by atoms with E-state index in [-0.39, 0.29) is 18.0 Å². The predicted octanol–water partition coefficient (Wildman–Crippen LogP) is -1.33. The molecule has 0 saturated carbocycles. The highest BCUT2D eigenvalue weighted by atomic mass is 16.5. The first kappa shape index (κ1) is 13.7. The lowest BCUT2D eigenvalue weighted by Crippen LogP contribution is -2.38. The Bertz CT molecular complexity index is 742. The molecule has 1 amide bonds. The molecule has 20 heavy (non-hydrogen) atoms. The van der Waals surface area contributed by atoms with Gasteiger partial charge in [0.05, 0.1) is 6.54 Å². The monoisotopic (exact) mass is 279 g/mol. The zero-order valence-corrected chi connectivity index (χ0v) is 10.7. The molecule has 0 bridgehead atoms. The molecule has 0 spiro atoms. The zero-order chi connectivity index (χ0) is 14.7. The van der Waals surface area contributed by atoms with Crippen LogP contribution in [0.2, 0.25) is 0 Å². The quantitative estimate of drug-likeness (QED) is 0.406. The SMILES string of the molecule is CCn1ccc(=O)n(Cc2cc(C(=O)NN)no2)c1=O. The van der Waals surface area contributed by atoms with Crippen LogP contribution >= 0.6 is 0 Å². The molecule has 2 heterocycles. The van der Waals surface area contributed by atoms with Gasteiger partial charge in [-0.25, -0.2) is 10.6 Å². The summed E-state index contributed by atoms with van der Waals surface area (Å²) in [5, 5.41) is 3.49. The van der Waals surface area contributed by atoms with Crippen molar-refractivity contribution in [1.82, 2.24) is 19.7 Å². The number of hydrogen-bond donors (Lipinski definition) is 2. The van der Waals surface area contributed by atoms with Gasteiger partial charge in [-0.3, -0.25) is 19.6 Å². The van der Waals surface area contributed by atoms with E-state index in [1.165, 1.54) is 22.9 Å². The number of nitrogen functional groups attached to an aromatic ring is 1. The highest BCUT2D eigenvalue weighted by Gasteiger charge is 2.13. The van der Waals surface area contributed by atoms with Crippen molar-refractivity contribution in [2.45, 2.75) is 20.0 Å². The lowest BCUT2D eigenvalue weighted by Gasteiger charge is -2.05. The average Bonchev–Trinajstić information content (AvgIpc) is 2.91. The van der Waals surface area contributed by atoms with Gasteiger partial charge in [-0.05, 0) is 6.92 Å². The van der Waals surface area contributed by atoms with E-state index < -0.39 is 17.2 Å². The van der Waals surface area contributed by atoms with Gasteiger partial charge in [0.25, 0.3) is 11.5 Å². The van der Waals surface area contributed by atoms with Crippen LogP contribution in [0.4, 0.5) is 0 Å². The number of hydrogen-bond acceptors (Lipinski definition) is 6. The second-order valence-electron chi connectivity index (χ2n) is 3.96. The molecule has 0 unspecified atom stereocenters. The number of aryl methyl sites for hydroxylation is 1. The van der Waals surface area contributed by atoms with E-state index in [0.717, 1.165) is 4.57 Å². The smallest absolute Gasteiger partial charge is 0.331 e. The van der Waals surface area contributed by atoms with E-state index in [2.05, 4.69) is 5.16 Å². The summed E-state index contributed by atoms with van der Waals surface area (Å²) in [6, 6.07) is 2.60. The van der Waals surface area contributed by atoms with E-state index in [1.54, 1.807) is 6.92 Å². The van der Waals surface area contributed by atoms with Crippen molar-refractivity contribution >= 4 is 5.91 Å². The molecule has 2 aromatic heterocycles.